The molecule has 0 atom stereocenters. The molecule has 1 spiro atoms. The van der Waals surface area contributed by atoms with E-state index in [1.807, 2.05) is 0 Å². The maximum absolute atomic E-state index is 12.9. The largest absolute Gasteiger partial charge is 0.490 e. The number of benzene rings is 1. The summed E-state index contributed by atoms with van der Waals surface area (Å²) in [4.78, 5) is 41.2. The highest BCUT2D eigenvalue weighted by atomic mass is 32.2. The lowest BCUT2D eigenvalue weighted by molar-refractivity contribution is -0.192. The average Bonchev–Trinajstić information content (AvgIpc) is 3.51. The van der Waals surface area contributed by atoms with E-state index in [1.165, 1.54) is 24.3 Å². The Kier molecular flexibility index (Phi) is 6.82. The third-order valence-corrected chi connectivity index (χ3v) is 5.66. The van der Waals surface area contributed by atoms with E-state index in [4.69, 9.17) is 9.90 Å². The molecule has 1 saturated heterocycles. The predicted octanol–water partition coefficient (Wildman–Crippen LogP) is 4.83. The number of aromatic nitrogens is 1. The van der Waals surface area contributed by atoms with Crippen molar-refractivity contribution < 1.29 is 45.8 Å². The number of amides is 3. The van der Waals surface area contributed by atoms with Gasteiger partial charge in [-0.1, -0.05) is 0 Å². The van der Waals surface area contributed by atoms with Gasteiger partial charge in [0.1, 0.15) is 5.54 Å². The molecule has 4 rings (SSSR count). The van der Waals surface area contributed by atoms with Crippen molar-refractivity contribution in [3.05, 3.63) is 54.4 Å². The first-order valence-electron chi connectivity index (χ1n) is 9.45. The summed E-state index contributed by atoms with van der Waals surface area (Å²) in [5.74, 6) is -3.08. The number of carbonyl (C=O) groups excluding carboxylic acids is 2. The fraction of sp³-hybridized carbons (Fsp3) is 0.300. The molecule has 2 heterocycles. The van der Waals surface area contributed by atoms with Crippen molar-refractivity contribution in [2.24, 2.45) is 0 Å². The van der Waals surface area contributed by atoms with Crippen LogP contribution in [0.2, 0.25) is 0 Å². The number of carboxylic acids is 1. The molecule has 34 heavy (non-hydrogen) atoms. The first-order valence-corrected chi connectivity index (χ1v) is 10.3. The monoisotopic (exact) mass is 507 g/mol. The zero-order valence-corrected chi connectivity index (χ0v) is 17.7. The number of urea groups is 1. The van der Waals surface area contributed by atoms with Crippen molar-refractivity contribution in [2.45, 2.75) is 41.5 Å². The Morgan fingerprint density at radius 3 is 1.97 bits per heavy atom. The van der Waals surface area contributed by atoms with Crippen LogP contribution in [0.1, 0.15) is 18.4 Å². The van der Waals surface area contributed by atoms with Gasteiger partial charge < -0.3 is 10.0 Å². The molecule has 1 saturated carbocycles. The van der Waals surface area contributed by atoms with E-state index < -0.39 is 29.2 Å². The maximum Gasteiger partial charge on any atom is 0.490 e. The highest BCUT2D eigenvalue weighted by Crippen LogP contribution is 2.50. The van der Waals surface area contributed by atoms with Crippen LogP contribution >= 0.6 is 11.8 Å². The van der Waals surface area contributed by atoms with Gasteiger partial charge >= 0.3 is 23.7 Å². The van der Waals surface area contributed by atoms with Crippen molar-refractivity contribution in [1.29, 1.82) is 0 Å². The molecule has 1 aromatic heterocycles. The van der Waals surface area contributed by atoms with Crippen molar-refractivity contribution in [2.75, 3.05) is 4.90 Å². The molecule has 0 unspecified atom stereocenters. The van der Waals surface area contributed by atoms with Gasteiger partial charge in [0.05, 0.1) is 5.69 Å². The molecule has 7 nitrogen and oxygen atoms in total. The first-order chi connectivity index (χ1) is 15.7. The Morgan fingerprint density at radius 2 is 1.53 bits per heavy atom. The van der Waals surface area contributed by atoms with E-state index >= 15 is 0 Å². The molecule has 0 bridgehead atoms. The molecule has 1 aromatic carbocycles. The van der Waals surface area contributed by atoms with Gasteiger partial charge in [-0.25, -0.2) is 14.5 Å². The van der Waals surface area contributed by atoms with Crippen molar-refractivity contribution in [3.63, 3.8) is 0 Å². The third-order valence-electron chi connectivity index (χ3n) is 4.92. The summed E-state index contributed by atoms with van der Waals surface area (Å²) >= 11 is -0.237. The van der Waals surface area contributed by atoms with E-state index in [9.17, 15) is 35.9 Å². The molecule has 1 aliphatic carbocycles. The number of alkyl halides is 6. The fourth-order valence-electron chi connectivity index (χ4n) is 3.23. The Morgan fingerprint density at radius 1 is 1.00 bits per heavy atom. The van der Waals surface area contributed by atoms with Gasteiger partial charge in [-0.3, -0.25) is 9.78 Å². The molecule has 2 aliphatic rings. The Labute approximate surface area is 192 Å². The number of carbonyl (C=O) groups is 3. The van der Waals surface area contributed by atoms with Crippen LogP contribution in [0, 0.1) is 0 Å². The number of halogens is 6. The molecule has 0 radical (unpaired) electrons. The minimum absolute atomic E-state index is 0.000113. The minimum atomic E-state index is -5.08. The van der Waals surface area contributed by atoms with Crippen LogP contribution in [0.15, 0.2) is 53.7 Å². The van der Waals surface area contributed by atoms with Crippen LogP contribution in [-0.4, -0.2) is 50.1 Å². The molecular formula is C20H15F6N3O4S. The normalized spacial score (nSPS) is 17.0. The summed E-state index contributed by atoms with van der Waals surface area (Å²) in [6.07, 6.45) is -0.680. The molecule has 2 fully saturated rings. The van der Waals surface area contributed by atoms with E-state index in [-0.39, 0.29) is 34.8 Å². The minimum Gasteiger partial charge on any atom is -0.475 e. The van der Waals surface area contributed by atoms with Gasteiger partial charge in [-0.05, 0) is 66.6 Å². The van der Waals surface area contributed by atoms with Gasteiger partial charge in [0.25, 0.3) is 5.91 Å². The summed E-state index contributed by atoms with van der Waals surface area (Å²) in [6, 6.07) is 8.37. The quantitative estimate of drug-likeness (QED) is 0.362. The Balaban J connectivity index is 0.000000406. The fourth-order valence-corrected chi connectivity index (χ4v) is 3.77. The van der Waals surface area contributed by atoms with Crippen LogP contribution < -0.4 is 4.90 Å². The number of pyridine rings is 1. The first kappa shape index (κ1) is 25.3. The van der Waals surface area contributed by atoms with Crippen LogP contribution in [0.5, 0.6) is 0 Å². The van der Waals surface area contributed by atoms with E-state index in [0.29, 0.717) is 12.8 Å². The smallest absolute Gasteiger partial charge is 0.475 e. The second kappa shape index (κ2) is 9.16. The average molecular weight is 507 g/mol. The summed E-state index contributed by atoms with van der Waals surface area (Å²) in [5, 5.41) is 7.12. The summed E-state index contributed by atoms with van der Waals surface area (Å²) in [7, 11) is 0. The molecule has 182 valence electrons. The zero-order chi connectivity index (χ0) is 25.3. The second-order valence-corrected chi connectivity index (χ2v) is 8.38. The summed E-state index contributed by atoms with van der Waals surface area (Å²) < 4.78 is 69.1. The molecule has 14 heteroatoms. The van der Waals surface area contributed by atoms with Crippen molar-refractivity contribution >= 4 is 35.4 Å². The van der Waals surface area contributed by atoms with Crippen LogP contribution in [0.4, 0.5) is 36.8 Å². The number of thioether (sulfide) groups is 1. The van der Waals surface area contributed by atoms with Crippen LogP contribution in [0.3, 0.4) is 0 Å². The Hall–Kier alpha value is -3.29. The van der Waals surface area contributed by atoms with Gasteiger partial charge in [-0.2, -0.15) is 26.3 Å². The molecule has 1 aliphatic heterocycles. The number of nitrogens with zero attached hydrogens (tertiary/aromatic N) is 3. The number of imide groups is 1. The van der Waals surface area contributed by atoms with Crippen molar-refractivity contribution in [1.82, 2.24) is 9.88 Å². The highest BCUT2D eigenvalue weighted by Gasteiger charge is 2.65. The molecule has 3 amide bonds. The number of aliphatic carboxylic acids is 1. The lowest BCUT2D eigenvalue weighted by Crippen LogP contribution is -2.36. The van der Waals surface area contributed by atoms with Gasteiger partial charge in [0.15, 0.2) is 0 Å². The van der Waals surface area contributed by atoms with Crippen LogP contribution in [-0.2, 0) is 16.1 Å². The Bertz CT molecular complexity index is 1070. The number of anilines is 1. The van der Waals surface area contributed by atoms with Gasteiger partial charge in [0, 0.05) is 23.8 Å². The van der Waals surface area contributed by atoms with Crippen molar-refractivity contribution in [3.8, 4) is 0 Å². The lowest BCUT2D eigenvalue weighted by Gasteiger charge is -2.21. The SMILES string of the molecule is O=C(O)C(F)(F)F.O=C1N(c2ccc(SC(F)(F)F)cc2)C(=O)C2(CC2)N1Cc1ccncc1. The van der Waals surface area contributed by atoms with Crippen LogP contribution in [0.25, 0.3) is 0 Å². The molecular weight excluding hydrogens is 492 g/mol. The second-order valence-electron chi connectivity index (χ2n) is 7.24. The third kappa shape index (κ3) is 5.61. The molecule has 2 aromatic rings. The van der Waals surface area contributed by atoms with E-state index in [1.54, 1.807) is 29.4 Å². The number of rotatable bonds is 4. The number of carboxylic acid groups (broad SMARTS) is 1. The van der Waals surface area contributed by atoms with Gasteiger partial charge in [-0.15, -0.1) is 0 Å². The summed E-state index contributed by atoms with van der Waals surface area (Å²) in [5.41, 5.74) is -4.09. The summed E-state index contributed by atoms with van der Waals surface area (Å²) in [6.45, 7) is 0.283. The topological polar surface area (TPSA) is 90.8 Å². The van der Waals surface area contributed by atoms with E-state index in [2.05, 4.69) is 4.98 Å². The maximum atomic E-state index is 12.9. The predicted molar refractivity (Wildman–Crippen MR) is 107 cm³/mol. The highest BCUT2D eigenvalue weighted by molar-refractivity contribution is 8.00. The lowest BCUT2D eigenvalue weighted by atomic mass is 10.2. The standard InChI is InChI=1S/C18H14F3N3O2S.C2HF3O2/c19-18(20,21)27-14-3-1-13(2-4-14)24-15(25)17(7-8-17)23(16(24)26)11-12-5-9-22-10-6-12;3-2(4,5)1(6)7/h1-6,9-10H,7-8,11H2;(H,6,7). The number of hydrogen-bond acceptors (Lipinski definition) is 5. The van der Waals surface area contributed by atoms with E-state index in [0.717, 1.165) is 10.5 Å². The zero-order valence-electron chi connectivity index (χ0n) is 16.9. The van der Waals surface area contributed by atoms with Gasteiger partial charge in [0.2, 0.25) is 0 Å². The molecule has 1 N–H and O–H groups in total. The number of hydrogen-bond donors (Lipinski definition) is 1.